The summed E-state index contributed by atoms with van der Waals surface area (Å²) < 4.78 is 29.4. The second-order valence-electron chi connectivity index (χ2n) is 2.55. The molecule has 0 fully saturated rings. The zero-order valence-corrected chi connectivity index (χ0v) is 7.57. The van der Waals surface area contributed by atoms with Crippen LogP contribution >= 0.6 is 0 Å². The molecule has 0 saturated heterocycles. The molecule has 5 nitrogen and oxygen atoms in total. The molecule has 2 N–H and O–H groups in total. The summed E-state index contributed by atoms with van der Waals surface area (Å²) in [5.41, 5.74) is -1.82. The summed E-state index contributed by atoms with van der Waals surface area (Å²) >= 11 is 0. The molecule has 0 saturated carbocycles. The highest BCUT2D eigenvalue weighted by Gasteiger charge is 2.27. The Morgan fingerprint density at radius 2 is 2.20 bits per heavy atom. The molecule has 0 amide bonds. The molecule has 0 unspecified atom stereocenters. The van der Waals surface area contributed by atoms with Gasteiger partial charge in [0, 0.05) is 0 Å². The van der Waals surface area contributed by atoms with Gasteiger partial charge in [-0.3, -0.25) is 0 Å². The number of hydrogen-bond acceptors (Lipinski definition) is 4. The van der Waals surface area contributed by atoms with E-state index in [-0.39, 0.29) is 0 Å². The van der Waals surface area contributed by atoms with E-state index in [1.165, 1.54) is 0 Å². The van der Waals surface area contributed by atoms with Crippen LogP contribution in [0.15, 0.2) is 6.20 Å². The van der Waals surface area contributed by atoms with Gasteiger partial charge in [-0.25, -0.2) is 18.6 Å². The van der Waals surface area contributed by atoms with E-state index in [9.17, 15) is 13.6 Å². The van der Waals surface area contributed by atoms with Crippen molar-refractivity contribution in [1.82, 2.24) is 4.98 Å². The lowest BCUT2D eigenvalue weighted by Gasteiger charge is -2.10. The summed E-state index contributed by atoms with van der Waals surface area (Å²) in [6, 6.07) is 0. The van der Waals surface area contributed by atoms with Crippen molar-refractivity contribution in [1.29, 1.82) is 0 Å². The van der Waals surface area contributed by atoms with E-state index in [1.54, 1.807) is 0 Å². The number of hydrogen-bond donors (Lipinski definition) is 2. The molecule has 1 heterocycles. The average Bonchev–Trinajstić information content (AvgIpc) is 2.16. The molecular weight excluding hydrogens is 212 g/mol. The third-order valence-electron chi connectivity index (χ3n) is 1.69. The normalized spacial score (nSPS) is 10.4. The molecule has 7 heteroatoms. The van der Waals surface area contributed by atoms with Gasteiger partial charge in [0.15, 0.2) is 0 Å². The zero-order valence-electron chi connectivity index (χ0n) is 7.57. The van der Waals surface area contributed by atoms with Gasteiger partial charge in [-0.1, -0.05) is 0 Å². The number of pyridine rings is 1. The van der Waals surface area contributed by atoms with Crippen molar-refractivity contribution in [3.63, 3.8) is 0 Å². The highest BCUT2D eigenvalue weighted by Crippen LogP contribution is 2.34. The number of carboxylic acid groups (broad SMARTS) is 1. The maximum atomic E-state index is 12.5. The van der Waals surface area contributed by atoms with Crippen LogP contribution in [0.5, 0.6) is 11.6 Å². The van der Waals surface area contributed by atoms with E-state index >= 15 is 0 Å². The minimum absolute atomic E-state index is 0.462. The van der Waals surface area contributed by atoms with Crippen molar-refractivity contribution in [3.05, 3.63) is 17.3 Å². The van der Waals surface area contributed by atoms with Crippen LogP contribution in [0.3, 0.4) is 0 Å². The number of alkyl halides is 2. The number of carbonyl (C=O) groups is 1. The number of aromatic carboxylic acids is 1. The van der Waals surface area contributed by atoms with Crippen molar-refractivity contribution in [2.24, 2.45) is 0 Å². The molecule has 1 rings (SSSR count). The molecule has 0 aliphatic rings. The van der Waals surface area contributed by atoms with Crippen LogP contribution in [0.25, 0.3) is 0 Å². The fourth-order valence-electron chi connectivity index (χ4n) is 1.08. The predicted octanol–water partition coefficient (Wildman–Crippen LogP) is 1.43. The molecule has 82 valence electrons. The summed E-state index contributed by atoms with van der Waals surface area (Å²) in [7, 11) is 1.10. The topological polar surface area (TPSA) is 79.7 Å². The number of rotatable bonds is 3. The summed E-state index contributed by atoms with van der Waals surface area (Å²) in [4.78, 5) is 14.1. The van der Waals surface area contributed by atoms with E-state index in [0.29, 0.717) is 6.20 Å². The molecule has 0 bridgehead atoms. The average molecular weight is 219 g/mol. The van der Waals surface area contributed by atoms with Crippen molar-refractivity contribution in [2.75, 3.05) is 7.11 Å². The predicted molar refractivity (Wildman–Crippen MR) is 44.4 cm³/mol. The van der Waals surface area contributed by atoms with Gasteiger partial charge in [0.1, 0.15) is 11.3 Å². The number of aromatic hydroxyl groups is 1. The quantitative estimate of drug-likeness (QED) is 0.803. The maximum absolute atomic E-state index is 12.5. The van der Waals surface area contributed by atoms with Crippen molar-refractivity contribution >= 4 is 5.97 Å². The van der Waals surface area contributed by atoms with Gasteiger partial charge in [-0.2, -0.15) is 0 Å². The Kier molecular flexibility index (Phi) is 3.03. The second kappa shape index (κ2) is 4.07. The first-order valence-electron chi connectivity index (χ1n) is 3.76. The first kappa shape index (κ1) is 11.2. The Morgan fingerprint density at radius 3 is 2.60 bits per heavy atom. The van der Waals surface area contributed by atoms with Crippen molar-refractivity contribution < 1.29 is 28.5 Å². The molecule has 0 spiro atoms. The monoisotopic (exact) mass is 219 g/mol. The SMILES string of the molecule is COc1ncc(O)c(C(F)F)c1C(=O)O. The fraction of sp³-hybridized carbons (Fsp3) is 0.250. The Morgan fingerprint density at radius 1 is 1.60 bits per heavy atom. The molecule has 0 atom stereocenters. The van der Waals surface area contributed by atoms with Crippen molar-refractivity contribution in [3.8, 4) is 11.6 Å². The van der Waals surface area contributed by atoms with Gasteiger partial charge >= 0.3 is 5.97 Å². The molecule has 1 aromatic rings. The molecule has 0 radical (unpaired) electrons. The van der Waals surface area contributed by atoms with Crippen LogP contribution in [0.1, 0.15) is 22.3 Å². The van der Waals surface area contributed by atoms with Crippen LogP contribution in [-0.2, 0) is 0 Å². The number of nitrogens with zero attached hydrogens (tertiary/aromatic N) is 1. The third kappa shape index (κ3) is 1.95. The Bertz CT molecular complexity index is 394. The lowest BCUT2D eigenvalue weighted by molar-refractivity contribution is 0.0677. The smallest absolute Gasteiger partial charge is 0.341 e. The van der Waals surface area contributed by atoms with E-state index in [4.69, 9.17) is 10.2 Å². The number of methoxy groups -OCH3 is 1. The standard InChI is InChI=1S/C8H7F2NO4/c1-15-7-5(8(13)14)4(6(9)10)3(12)2-11-7/h2,6,12H,1H3,(H,13,14). The molecule has 0 aromatic carbocycles. The summed E-state index contributed by atoms with van der Waals surface area (Å²) in [5.74, 6) is -2.97. The van der Waals surface area contributed by atoms with Crippen LogP contribution in [0.4, 0.5) is 8.78 Å². The van der Waals surface area contributed by atoms with E-state index in [1.807, 2.05) is 0 Å². The molecule has 0 aliphatic heterocycles. The maximum Gasteiger partial charge on any atom is 0.341 e. The van der Waals surface area contributed by atoms with Crippen LogP contribution in [-0.4, -0.2) is 28.3 Å². The number of aromatic nitrogens is 1. The molecule has 15 heavy (non-hydrogen) atoms. The number of carboxylic acids is 1. The lowest BCUT2D eigenvalue weighted by Crippen LogP contribution is -2.07. The van der Waals surface area contributed by atoms with Gasteiger partial charge in [0.25, 0.3) is 6.43 Å². The Balaban J connectivity index is 3.51. The summed E-state index contributed by atoms with van der Waals surface area (Å²) in [6.07, 6.45) is -2.40. The Hall–Kier alpha value is -1.92. The van der Waals surface area contributed by atoms with Gasteiger partial charge in [0.05, 0.1) is 18.9 Å². The first-order valence-corrected chi connectivity index (χ1v) is 3.76. The minimum Gasteiger partial charge on any atom is -0.506 e. The number of halogens is 2. The van der Waals surface area contributed by atoms with Gasteiger partial charge in [-0.05, 0) is 0 Å². The van der Waals surface area contributed by atoms with Crippen LogP contribution in [0.2, 0.25) is 0 Å². The van der Waals surface area contributed by atoms with Gasteiger partial charge in [0.2, 0.25) is 5.88 Å². The van der Waals surface area contributed by atoms with Crippen LogP contribution in [0, 0.1) is 0 Å². The zero-order chi connectivity index (χ0) is 11.6. The van der Waals surface area contributed by atoms with Gasteiger partial charge < -0.3 is 14.9 Å². The number of ether oxygens (including phenoxy) is 1. The molecule has 1 aromatic heterocycles. The van der Waals surface area contributed by atoms with E-state index in [2.05, 4.69) is 9.72 Å². The van der Waals surface area contributed by atoms with Gasteiger partial charge in [-0.15, -0.1) is 0 Å². The largest absolute Gasteiger partial charge is 0.506 e. The van der Waals surface area contributed by atoms with Crippen LogP contribution < -0.4 is 4.74 Å². The summed E-state index contributed by atoms with van der Waals surface area (Å²) in [6.45, 7) is 0. The van der Waals surface area contributed by atoms with E-state index in [0.717, 1.165) is 7.11 Å². The highest BCUT2D eigenvalue weighted by molar-refractivity contribution is 5.92. The third-order valence-corrected chi connectivity index (χ3v) is 1.69. The van der Waals surface area contributed by atoms with Crippen molar-refractivity contribution in [2.45, 2.75) is 6.43 Å². The minimum atomic E-state index is -3.12. The lowest BCUT2D eigenvalue weighted by atomic mass is 10.1. The fourth-order valence-corrected chi connectivity index (χ4v) is 1.08. The highest BCUT2D eigenvalue weighted by atomic mass is 19.3. The molecular formula is C8H7F2NO4. The summed E-state index contributed by atoms with van der Waals surface area (Å²) in [5, 5.41) is 17.8. The van der Waals surface area contributed by atoms with E-state index < -0.39 is 35.2 Å². The first-order chi connectivity index (χ1) is 6.99. The molecule has 0 aliphatic carbocycles. The second-order valence-corrected chi connectivity index (χ2v) is 2.55. The Labute approximate surface area is 82.9 Å².